The van der Waals surface area contributed by atoms with Gasteiger partial charge in [0.15, 0.2) is 0 Å². The monoisotopic (exact) mass is 227 g/mol. The number of unbranched alkanes of at least 4 members (excludes halogenated alkanes) is 1. The van der Waals surface area contributed by atoms with Crippen LogP contribution in [0.5, 0.6) is 0 Å². The lowest BCUT2D eigenvalue weighted by Gasteiger charge is -2.08. The Labute approximate surface area is 91.4 Å². The third-order valence-electron chi connectivity index (χ3n) is 1.71. The van der Waals surface area contributed by atoms with Crippen molar-refractivity contribution in [2.24, 2.45) is 5.92 Å². The number of alkyl halides is 3. The van der Waals surface area contributed by atoms with Gasteiger partial charge in [-0.1, -0.05) is 40.5 Å². The molecule has 0 aliphatic carbocycles. The average Bonchev–Trinajstić information content (AvgIpc) is 2.12. The molecule has 0 aliphatic heterocycles. The normalized spacial score (nSPS) is 11.2. The number of halogens is 3. The first kappa shape index (κ1) is 17.2. The second-order valence-electron chi connectivity index (χ2n) is 3.68. The quantitative estimate of drug-likeness (QED) is 0.676. The fraction of sp³-hybridized carbons (Fsp3) is 1.00. The van der Waals surface area contributed by atoms with Crippen molar-refractivity contribution in [3.8, 4) is 0 Å². The molecule has 0 radical (unpaired) electrons. The third-order valence-corrected chi connectivity index (χ3v) is 1.71. The highest BCUT2D eigenvalue weighted by molar-refractivity contribution is 4.56. The molecule has 0 atom stereocenters. The maximum atomic E-state index is 11.6. The van der Waals surface area contributed by atoms with Gasteiger partial charge in [0, 0.05) is 0 Å². The van der Waals surface area contributed by atoms with Gasteiger partial charge in [-0.2, -0.15) is 13.2 Å². The minimum absolute atomic E-state index is 0.465. The Hall–Kier alpha value is -0.250. The van der Waals surface area contributed by atoms with Crippen LogP contribution in [0.25, 0.3) is 0 Å². The molecule has 0 fully saturated rings. The minimum Gasteiger partial charge on any atom is -0.309 e. The van der Waals surface area contributed by atoms with Crippen molar-refractivity contribution in [3.05, 3.63) is 0 Å². The van der Waals surface area contributed by atoms with E-state index in [-0.39, 0.29) is 0 Å². The summed E-state index contributed by atoms with van der Waals surface area (Å²) < 4.78 is 34.9. The molecule has 0 bridgehead atoms. The van der Waals surface area contributed by atoms with Crippen LogP contribution >= 0.6 is 0 Å². The molecule has 1 nitrogen and oxygen atoms in total. The molecule has 0 saturated heterocycles. The first-order valence-corrected chi connectivity index (χ1v) is 5.69. The number of nitrogens with one attached hydrogen (secondary N) is 1. The van der Waals surface area contributed by atoms with Gasteiger partial charge in [-0.25, -0.2) is 0 Å². The maximum absolute atomic E-state index is 11.6. The summed E-state index contributed by atoms with van der Waals surface area (Å²) in [7, 11) is 0. The van der Waals surface area contributed by atoms with Gasteiger partial charge in [0.05, 0.1) is 6.54 Å². The Morgan fingerprint density at radius 3 is 2.00 bits per heavy atom. The van der Waals surface area contributed by atoms with Crippen molar-refractivity contribution in [1.29, 1.82) is 0 Å². The molecule has 0 amide bonds. The van der Waals surface area contributed by atoms with Crippen LogP contribution in [0.2, 0.25) is 0 Å². The van der Waals surface area contributed by atoms with Gasteiger partial charge in [-0.3, -0.25) is 0 Å². The zero-order valence-electron chi connectivity index (χ0n) is 10.2. The summed E-state index contributed by atoms with van der Waals surface area (Å²) in [4.78, 5) is 0. The van der Waals surface area contributed by atoms with Gasteiger partial charge in [0.1, 0.15) is 0 Å². The van der Waals surface area contributed by atoms with Gasteiger partial charge in [0.2, 0.25) is 0 Å². The van der Waals surface area contributed by atoms with E-state index >= 15 is 0 Å². The molecule has 0 aromatic heterocycles. The van der Waals surface area contributed by atoms with Crippen LogP contribution in [-0.2, 0) is 0 Å². The molecular weight excluding hydrogens is 203 g/mol. The predicted octanol–water partition coefficient (Wildman–Crippen LogP) is 3.99. The van der Waals surface area contributed by atoms with Crippen molar-refractivity contribution < 1.29 is 13.2 Å². The fourth-order valence-electron chi connectivity index (χ4n) is 1.03. The van der Waals surface area contributed by atoms with E-state index in [4.69, 9.17) is 0 Å². The molecular formula is C11H24F3N. The molecule has 0 rings (SSSR count). The summed E-state index contributed by atoms with van der Waals surface area (Å²) in [6, 6.07) is 0. The molecule has 0 aromatic carbocycles. The molecule has 94 valence electrons. The number of hydrogen-bond acceptors (Lipinski definition) is 1. The number of rotatable bonds is 6. The fourth-order valence-corrected chi connectivity index (χ4v) is 1.03. The zero-order valence-corrected chi connectivity index (χ0v) is 10.2. The molecule has 0 aromatic rings. The molecule has 0 saturated carbocycles. The van der Waals surface area contributed by atoms with Crippen LogP contribution in [0.3, 0.4) is 0 Å². The largest absolute Gasteiger partial charge is 0.401 e. The summed E-state index contributed by atoms with van der Waals surface area (Å²) in [6.07, 6.45) is -1.15. The van der Waals surface area contributed by atoms with E-state index in [0.29, 0.717) is 12.5 Å². The van der Waals surface area contributed by atoms with Crippen molar-refractivity contribution in [2.45, 2.75) is 53.1 Å². The van der Waals surface area contributed by atoms with Crippen LogP contribution < -0.4 is 5.32 Å². The van der Waals surface area contributed by atoms with E-state index in [9.17, 15) is 13.2 Å². The lowest BCUT2D eigenvalue weighted by atomic mass is 10.1. The van der Waals surface area contributed by atoms with Crippen molar-refractivity contribution >= 4 is 0 Å². The van der Waals surface area contributed by atoms with Gasteiger partial charge in [-0.15, -0.1) is 0 Å². The number of hydrogen-bond donors (Lipinski definition) is 1. The molecule has 0 heterocycles. The Morgan fingerprint density at radius 2 is 1.60 bits per heavy atom. The summed E-state index contributed by atoms with van der Waals surface area (Å²) >= 11 is 0. The van der Waals surface area contributed by atoms with Crippen LogP contribution in [0, 0.1) is 5.92 Å². The van der Waals surface area contributed by atoms with Crippen molar-refractivity contribution in [3.63, 3.8) is 0 Å². The zero-order chi connectivity index (χ0) is 12.3. The van der Waals surface area contributed by atoms with E-state index in [1.54, 1.807) is 0 Å². The van der Waals surface area contributed by atoms with Crippen LogP contribution in [0.1, 0.15) is 47.0 Å². The second kappa shape index (κ2) is 10.3. The Bertz CT molecular complexity index is 121. The van der Waals surface area contributed by atoms with Gasteiger partial charge in [-0.05, 0) is 18.9 Å². The lowest BCUT2D eigenvalue weighted by Crippen LogP contribution is -2.29. The van der Waals surface area contributed by atoms with Crippen molar-refractivity contribution in [2.75, 3.05) is 13.1 Å². The summed E-state index contributed by atoms with van der Waals surface area (Å²) in [5, 5.41) is 2.37. The molecule has 1 N–H and O–H groups in total. The summed E-state index contributed by atoms with van der Waals surface area (Å²) in [5.41, 5.74) is 0. The smallest absolute Gasteiger partial charge is 0.309 e. The Morgan fingerprint density at radius 1 is 1.07 bits per heavy atom. The molecule has 15 heavy (non-hydrogen) atoms. The Kier molecular flexibility index (Phi) is 11.7. The highest BCUT2D eigenvalue weighted by Crippen LogP contribution is 2.12. The highest BCUT2D eigenvalue weighted by atomic mass is 19.4. The molecule has 0 spiro atoms. The molecule has 0 aliphatic rings. The predicted molar refractivity (Wildman–Crippen MR) is 59.0 cm³/mol. The maximum Gasteiger partial charge on any atom is 0.401 e. The SMILES string of the molecule is CC.CC(C)CCCCNCC(F)(F)F. The molecule has 0 unspecified atom stereocenters. The second-order valence-corrected chi connectivity index (χ2v) is 3.68. The topological polar surface area (TPSA) is 12.0 Å². The third kappa shape index (κ3) is 20.0. The van der Waals surface area contributed by atoms with Gasteiger partial charge in [0.25, 0.3) is 0 Å². The van der Waals surface area contributed by atoms with E-state index < -0.39 is 12.7 Å². The first-order valence-electron chi connectivity index (χ1n) is 5.69. The van der Waals surface area contributed by atoms with Crippen LogP contribution in [-0.4, -0.2) is 19.3 Å². The van der Waals surface area contributed by atoms with E-state index in [0.717, 1.165) is 19.3 Å². The minimum atomic E-state index is -4.07. The van der Waals surface area contributed by atoms with E-state index in [2.05, 4.69) is 19.2 Å². The van der Waals surface area contributed by atoms with Gasteiger partial charge < -0.3 is 5.32 Å². The van der Waals surface area contributed by atoms with E-state index in [1.165, 1.54) is 0 Å². The standard InChI is InChI=1S/C9H18F3N.C2H6/c1-8(2)5-3-4-6-13-7-9(10,11)12;1-2/h8,13H,3-7H2,1-2H3;1-2H3. The average molecular weight is 227 g/mol. The molecule has 4 heteroatoms. The van der Waals surface area contributed by atoms with Crippen LogP contribution in [0.4, 0.5) is 13.2 Å². The summed E-state index contributed by atoms with van der Waals surface area (Å²) in [6.45, 7) is 7.83. The van der Waals surface area contributed by atoms with E-state index in [1.807, 2.05) is 13.8 Å². The summed E-state index contributed by atoms with van der Waals surface area (Å²) in [5.74, 6) is 0.641. The first-order chi connectivity index (χ1) is 6.92. The highest BCUT2D eigenvalue weighted by Gasteiger charge is 2.25. The lowest BCUT2D eigenvalue weighted by molar-refractivity contribution is -0.124. The van der Waals surface area contributed by atoms with Crippen LogP contribution in [0.15, 0.2) is 0 Å². The Balaban J connectivity index is 0. The van der Waals surface area contributed by atoms with Gasteiger partial charge >= 0.3 is 6.18 Å². The van der Waals surface area contributed by atoms with Crippen molar-refractivity contribution in [1.82, 2.24) is 5.32 Å².